The zero-order valence-corrected chi connectivity index (χ0v) is 13.2. The standard InChI is InChI=1S/C17H28N2O/c1-5-15(18)16(14-9-7-6-8-13(14)2)19-10-11-20-17(3,4)12-19/h6-9,15-16H,5,10-12,18H2,1-4H3. The van der Waals surface area contributed by atoms with Crippen LogP contribution in [0.1, 0.15) is 44.4 Å². The minimum Gasteiger partial charge on any atom is -0.373 e. The molecule has 0 amide bonds. The van der Waals surface area contributed by atoms with Crippen molar-refractivity contribution in [3.63, 3.8) is 0 Å². The van der Waals surface area contributed by atoms with E-state index in [4.69, 9.17) is 10.5 Å². The number of aryl methyl sites for hydroxylation is 1. The quantitative estimate of drug-likeness (QED) is 0.919. The van der Waals surface area contributed by atoms with Crippen LogP contribution in [-0.4, -0.2) is 36.2 Å². The molecule has 1 fully saturated rings. The molecule has 1 aromatic rings. The van der Waals surface area contributed by atoms with Crippen LogP contribution in [0.2, 0.25) is 0 Å². The van der Waals surface area contributed by atoms with Gasteiger partial charge in [-0.15, -0.1) is 0 Å². The lowest BCUT2D eigenvalue weighted by molar-refractivity contribution is -0.100. The molecule has 0 spiro atoms. The predicted molar refractivity (Wildman–Crippen MR) is 83.8 cm³/mol. The fourth-order valence-electron chi connectivity index (χ4n) is 3.13. The number of ether oxygens (including phenoxy) is 1. The molecule has 3 nitrogen and oxygen atoms in total. The highest BCUT2D eigenvalue weighted by atomic mass is 16.5. The normalized spacial score (nSPS) is 22.4. The molecule has 1 saturated heterocycles. The van der Waals surface area contributed by atoms with E-state index in [1.807, 2.05) is 0 Å². The molecule has 2 atom stereocenters. The summed E-state index contributed by atoms with van der Waals surface area (Å²) >= 11 is 0. The van der Waals surface area contributed by atoms with Gasteiger partial charge in [0, 0.05) is 19.1 Å². The van der Waals surface area contributed by atoms with Crippen molar-refractivity contribution in [2.75, 3.05) is 19.7 Å². The van der Waals surface area contributed by atoms with E-state index in [0.29, 0.717) is 0 Å². The number of morpholine rings is 1. The maximum Gasteiger partial charge on any atom is 0.0753 e. The molecule has 2 rings (SSSR count). The molecule has 2 N–H and O–H groups in total. The minimum absolute atomic E-state index is 0.0906. The first-order chi connectivity index (χ1) is 9.44. The molecule has 0 radical (unpaired) electrons. The van der Waals surface area contributed by atoms with Gasteiger partial charge in [-0.2, -0.15) is 0 Å². The fourth-order valence-corrected chi connectivity index (χ4v) is 3.13. The lowest BCUT2D eigenvalue weighted by Gasteiger charge is -2.44. The summed E-state index contributed by atoms with van der Waals surface area (Å²) in [4.78, 5) is 2.50. The van der Waals surface area contributed by atoms with E-state index in [0.717, 1.165) is 26.1 Å². The predicted octanol–water partition coefficient (Wildman–Crippen LogP) is 2.88. The van der Waals surface area contributed by atoms with Crippen LogP contribution in [0.4, 0.5) is 0 Å². The molecule has 3 heteroatoms. The lowest BCUT2D eigenvalue weighted by atomic mass is 9.91. The maximum absolute atomic E-state index is 6.46. The van der Waals surface area contributed by atoms with E-state index in [9.17, 15) is 0 Å². The highest BCUT2D eigenvalue weighted by molar-refractivity contribution is 5.30. The molecule has 20 heavy (non-hydrogen) atoms. The fraction of sp³-hybridized carbons (Fsp3) is 0.647. The first-order valence-corrected chi connectivity index (χ1v) is 7.64. The molecule has 1 aromatic carbocycles. The Morgan fingerprint density at radius 1 is 1.35 bits per heavy atom. The second kappa shape index (κ2) is 6.25. The van der Waals surface area contributed by atoms with Crippen molar-refractivity contribution in [2.24, 2.45) is 5.73 Å². The molecular formula is C17H28N2O. The summed E-state index contributed by atoms with van der Waals surface area (Å²) in [6.07, 6.45) is 0.983. The second-order valence-electron chi connectivity index (χ2n) is 6.45. The molecule has 1 heterocycles. The minimum atomic E-state index is -0.0906. The van der Waals surface area contributed by atoms with Crippen LogP contribution in [-0.2, 0) is 4.74 Å². The molecule has 1 aliphatic heterocycles. The first kappa shape index (κ1) is 15.5. The van der Waals surface area contributed by atoms with Crippen LogP contribution < -0.4 is 5.73 Å². The third-order valence-electron chi connectivity index (χ3n) is 4.23. The third kappa shape index (κ3) is 3.40. The van der Waals surface area contributed by atoms with E-state index in [2.05, 4.69) is 56.9 Å². The zero-order chi connectivity index (χ0) is 14.8. The van der Waals surface area contributed by atoms with Crippen LogP contribution >= 0.6 is 0 Å². The molecule has 0 aliphatic carbocycles. The summed E-state index contributed by atoms with van der Waals surface area (Å²) in [7, 11) is 0. The number of nitrogens with two attached hydrogens (primary N) is 1. The van der Waals surface area contributed by atoms with Gasteiger partial charge in [-0.1, -0.05) is 31.2 Å². The van der Waals surface area contributed by atoms with E-state index in [-0.39, 0.29) is 17.7 Å². The van der Waals surface area contributed by atoms with Crippen molar-refractivity contribution in [2.45, 2.75) is 51.8 Å². The zero-order valence-electron chi connectivity index (χ0n) is 13.2. The van der Waals surface area contributed by atoms with Crippen molar-refractivity contribution in [1.82, 2.24) is 4.90 Å². The largest absolute Gasteiger partial charge is 0.373 e. The Bertz CT molecular complexity index is 444. The summed E-state index contributed by atoms with van der Waals surface area (Å²) in [6, 6.07) is 9.04. The molecular weight excluding hydrogens is 248 g/mol. The number of hydrogen-bond acceptors (Lipinski definition) is 3. The van der Waals surface area contributed by atoms with E-state index >= 15 is 0 Å². The van der Waals surface area contributed by atoms with E-state index in [1.165, 1.54) is 11.1 Å². The van der Waals surface area contributed by atoms with Crippen molar-refractivity contribution in [1.29, 1.82) is 0 Å². The van der Waals surface area contributed by atoms with Crippen molar-refractivity contribution in [3.05, 3.63) is 35.4 Å². The van der Waals surface area contributed by atoms with Crippen LogP contribution in [0, 0.1) is 6.92 Å². The van der Waals surface area contributed by atoms with Gasteiger partial charge in [-0.3, -0.25) is 4.90 Å². The van der Waals surface area contributed by atoms with Gasteiger partial charge in [-0.05, 0) is 38.3 Å². The number of hydrogen-bond donors (Lipinski definition) is 1. The average Bonchev–Trinajstić information content (AvgIpc) is 2.40. The molecule has 2 unspecified atom stereocenters. The van der Waals surface area contributed by atoms with Gasteiger partial charge in [0.2, 0.25) is 0 Å². The molecule has 0 aromatic heterocycles. The summed E-state index contributed by atoms with van der Waals surface area (Å²) in [5.74, 6) is 0. The smallest absolute Gasteiger partial charge is 0.0753 e. The molecule has 112 valence electrons. The molecule has 0 bridgehead atoms. The molecule has 0 saturated carbocycles. The van der Waals surface area contributed by atoms with Gasteiger partial charge in [0.25, 0.3) is 0 Å². The Kier molecular flexibility index (Phi) is 4.84. The van der Waals surface area contributed by atoms with Gasteiger partial charge in [-0.25, -0.2) is 0 Å². The van der Waals surface area contributed by atoms with Crippen LogP contribution in [0.15, 0.2) is 24.3 Å². The average molecular weight is 276 g/mol. The van der Waals surface area contributed by atoms with E-state index < -0.39 is 0 Å². The van der Waals surface area contributed by atoms with Gasteiger partial charge in [0.15, 0.2) is 0 Å². The topological polar surface area (TPSA) is 38.5 Å². The Morgan fingerprint density at radius 2 is 2.05 bits per heavy atom. The van der Waals surface area contributed by atoms with Crippen LogP contribution in [0.5, 0.6) is 0 Å². The monoisotopic (exact) mass is 276 g/mol. The molecule has 1 aliphatic rings. The first-order valence-electron chi connectivity index (χ1n) is 7.64. The Labute approximate surface area is 123 Å². The summed E-state index contributed by atoms with van der Waals surface area (Å²) < 4.78 is 5.84. The third-order valence-corrected chi connectivity index (χ3v) is 4.23. The summed E-state index contributed by atoms with van der Waals surface area (Å²) in [5, 5.41) is 0. The van der Waals surface area contributed by atoms with Gasteiger partial charge >= 0.3 is 0 Å². The number of benzene rings is 1. The van der Waals surface area contributed by atoms with Gasteiger partial charge in [0.05, 0.1) is 18.2 Å². The second-order valence-corrected chi connectivity index (χ2v) is 6.45. The van der Waals surface area contributed by atoms with Crippen LogP contribution in [0.25, 0.3) is 0 Å². The highest BCUT2D eigenvalue weighted by Crippen LogP contribution is 2.31. The summed E-state index contributed by atoms with van der Waals surface area (Å²) in [5.41, 5.74) is 9.05. The Balaban J connectivity index is 2.31. The lowest BCUT2D eigenvalue weighted by Crippen LogP contribution is -2.53. The maximum atomic E-state index is 6.46. The SMILES string of the molecule is CCC(N)C(c1ccccc1C)N1CCOC(C)(C)C1. The number of rotatable bonds is 4. The Hall–Kier alpha value is -0.900. The highest BCUT2D eigenvalue weighted by Gasteiger charge is 2.34. The summed E-state index contributed by atoms with van der Waals surface area (Å²) in [6.45, 7) is 11.3. The Morgan fingerprint density at radius 3 is 2.65 bits per heavy atom. The van der Waals surface area contributed by atoms with E-state index in [1.54, 1.807) is 0 Å². The van der Waals surface area contributed by atoms with Gasteiger partial charge in [0.1, 0.15) is 0 Å². The number of nitrogens with zero attached hydrogens (tertiary/aromatic N) is 1. The van der Waals surface area contributed by atoms with Crippen molar-refractivity contribution >= 4 is 0 Å². The van der Waals surface area contributed by atoms with Crippen molar-refractivity contribution < 1.29 is 4.74 Å². The van der Waals surface area contributed by atoms with Gasteiger partial charge < -0.3 is 10.5 Å². The van der Waals surface area contributed by atoms with Crippen molar-refractivity contribution in [3.8, 4) is 0 Å². The van der Waals surface area contributed by atoms with Crippen LogP contribution in [0.3, 0.4) is 0 Å².